The molecule has 5 nitrogen and oxygen atoms in total. The number of pyridine rings is 1. The number of halogens is 2. The van der Waals surface area contributed by atoms with Crippen molar-refractivity contribution in [2.45, 2.75) is 4.90 Å². The van der Waals surface area contributed by atoms with Crippen LogP contribution in [0, 0.1) is 0 Å². The molecule has 1 aromatic carbocycles. The predicted molar refractivity (Wildman–Crippen MR) is 81.8 cm³/mol. The minimum Gasteiger partial charge on any atom is -0.322 e. The van der Waals surface area contributed by atoms with E-state index in [0.29, 0.717) is 5.69 Å². The molecule has 0 aliphatic carbocycles. The largest absolute Gasteiger partial charge is 0.322 e. The SMILES string of the molecule is CS(=O)(=O)c1cccc(NC(=O)c2cc(Cl)nc(Cl)c2)c1. The first-order chi connectivity index (χ1) is 9.75. The molecule has 1 amide bonds. The van der Waals surface area contributed by atoms with E-state index < -0.39 is 15.7 Å². The van der Waals surface area contributed by atoms with Gasteiger partial charge < -0.3 is 5.32 Å². The van der Waals surface area contributed by atoms with Gasteiger partial charge in [0, 0.05) is 17.5 Å². The lowest BCUT2D eigenvalue weighted by Crippen LogP contribution is -2.12. The van der Waals surface area contributed by atoms with Crippen molar-refractivity contribution in [1.29, 1.82) is 0 Å². The van der Waals surface area contributed by atoms with Gasteiger partial charge in [-0.3, -0.25) is 4.79 Å². The smallest absolute Gasteiger partial charge is 0.255 e. The van der Waals surface area contributed by atoms with Gasteiger partial charge in [-0.1, -0.05) is 29.3 Å². The highest BCUT2D eigenvalue weighted by Crippen LogP contribution is 2.18. The van der Waals surface area contributed by atoms with Crippen molar-refractivity contribution in [2.24, 2.45) is 0 Å². The zero-order valence-corrected chi connectivity index (χ0v) is 13.1. The number of benzene rings is 1. The van der Waals surface area contributed by atoms with E-state index in [1.165, 1.54) is 24.3 Å². The Morgan fingerprint density at radius 2 is 1.76 bits per heavy atom. The van der Waals surface area contributed by atoms with Gasteiger partial charge in [0.05, 0.1) is 4.90 Å². The number of anilines is 1. The van der Waals surface area contributed by atoms with Gasteiger partial charge in [0.1, 0.15) is 10.3 Å². The van der Waals surface area contributed by atoms with E-state index >= 15 is 0 Å². The molecule has 0 spiro atoms. The molecule has 0 bridgehead atoms. The van der Waals surface area contributed by atoms with Crippen molar-refractivity contribution in [3.63, 3.8) is 0 Å². The third-order valence-corrected chi connectivity index (χ3v) is 4.04. The lowest BCUT2D eigenvalue weighted by atomic mass is 10.2. The van der Waals surface area contributed by atoms with Crippen molar-refractivity contribution in [3.05, 3.63) is 52.3 Å². The predicted octanol–water partition coefficient (Wildman–Crippen LogP) is 3.04. The van der Waals surface area contributed by atoms with E-state index in [2.05, 4.69) is 10.3 Å². The normalized spacial score (nSPS) is 11.2. The van der Waals surface area contributed by atoms with Crippen molar-refractivity contribution in [2.75, 3.05) is 11.6 Å². The molecule has 21 heavy (non-hydrogen) atoms. The maximum absolute atomic E-state index is 12.1. The molecule has 0 unspecified atom stereocenters. The third-order valence-electron chi connectivity index (χ3n) is 2.55. The number of hydrogen-bond donors (Lipinski definition) is 1. The second-order valence-electron chi connectivity index (χ2n) is 4.26. The summed E-state index contributed by atoms with van der Waals surface area (Å²) < 4.78 is 22.9. The van der Waals surface area contributed by atoms with E-state index in [-0.39, 0.29) is 20.8 Å². The van der Waals surface area contributed by atoms with Crippen LogP contribution in [0.15, 0.2) is 41.3 Å². The van der Waals surface area contributed by atoms with Crippen molar-refractivity contribution >= 4 is 44.6 Å². The molecule has 2 rings (SSSR count). The number of amides is 1. The van der Waals surface area contributed by atoms with Crippen LogP contribution in [0.1, 0.15) is 10.4 Å². The Balaban J connectivity index is 2.28. The van der Waals surface area contributed by atoms with Crippen LogP contribution in [-0.4, -0.2) is 25.6 Å². The Labute approximate surface area is 131 Å². The van der Waals surface area contributed by atoms with Crippen molar-refractivity contribution in [1.82, 2.24) is 4.98 Å². The number of carbonyl (C=O) groups excluding carboxylic acids is 1. The lowest BCUT2D eigenvalue weighted by Gasteiger charge is -2.07. The molecule has 8 heteroatoms. The molecular weight excluding hydrogens is 335 g/mol. The quantitative estimate of drug-likeness (QED) is 0.868. The van der Waals surface area contributed by atoms with Crippen LogP contribution in [0.4, 0.5) is 5.69 Å². The molecule has 0 aliphatic rings. The topological polar surface area (TPSA) is 76.1 Å². The summed E-state index contributed by atoms with van der Waals surface area (Å²) in [6, 6.07) is 8.67. The van der Waals surface area contributed by atoms with E-state index in [1.807, 2.05) is 0 Å². The van der Waals surface area contributed by atoms with Gasteiger partial charge in [0.25, 0.3) is 5.91 Å². The number of nitrogens with one attached hydrogen (secondary N) is 1. The summed E-state index contributed by atoms with van der Waals surface area (Å²) in [6.45, 7) is 0. The molecule has 0 radical (unpaired) electrons. The molecule has 0 atom stereocenters. The summed E-state index contributed by atoms with van der Waals surface area (Å²) in [5.41, 5.74) is 0.580. The monoisotopic (exact) mass is 344 g/mol. The number of carbonyl (C=O) groups is 1. The van der Waals surface area contributed by atoms with Crippen LogP contribution >= 0.6 is 23.2 Å². The van der Waals surface area contributed by atoms with E-state index in [4.69, 9.17) is 23.2 Å². The Bertz CT molecular complexity index is 787. The number of nitrogens with zero attached hydrogens (tertiary/aromatic N) is 1. The minimum atomic E-state index is -3.34. The van der Waals surface area contributed by atoms with Crippen LogP contribution in [0.25, 0.3) is 0 Å². The van der Waals surface area contributed by atoms with Crippen LogP contribution < -0.4 is 5.32 Å². The summed E-state index contributed by atoms with van der Waals surface area (Å²) in [7, 11) is -3.34. The van der Waals surface area contributed by atoms with Crippen LogP contribution in [0.3, 0.4) is 0 Å². The van der Waals surface area contributed by atoms with Gasteiger partial charge in [0.2, 0.25) is 0 Å². The first-order valence-corrected chi connectivity index (χ1v) is 8.35. The molecule has 0 saturated heterocycles. The van der Waals surface area contributed by atoms with Crippen LogP contribution in [0.5, 0.6) is 0 Å². The van der Waals surface area contributed by atoms with Crippen molar-refractivity contribution < 1.29 is 13.2 Å². The molecule has 1 N–H and O–H groups in total. The van der Waals surface area contributed by atoms with Gasteiger partial charge in [-0.25, -0.2) is 13.4 Å². The first kappa shape index (κ1) is 15.8. The highest BCUT2D eigenvalue weighted by atomic mass is 35.5. The zero-order chi connectivity index (χ0) is 15.6. The zero-order valence-electron chi connectivity index (χ0n) is 10.8. The Morgan fingerprint density at radius 1 is 1.14 bits per heavy atom. The summed E-state index contributed by atoms with van der Waals surface area (Å²) >= 11 is 11.5. The highest BCUT2D eigenvalue weighted by Gasteiger charge is 2.11. The maximum Gasteiger partial charge on any atom is 0.255 e. The molecule has 0 saturated carbocycles. The number of sulfone groups is 1. The lowest BCUT2D eigenvalue weighted by molar-refractivity contribution is 0.102. The van der Waals surface area contributed by atoms with Crippen molar-refractivity contribution in [3.8, 4) is 0 Å². The summed E-state index contributed by atoms with van der Waals surface area (Å²) in [6.07, 6.45) is 1.09. The molecule has 2 aromatic rings. The highest BCUT2D eigenvalue weighted by molar-refractivity contribution is 7.90. The van der Waals surface area contributed by atoms with Gasteiger partial charge in [0.15, 0.2) is 9.84 Å². The number of hydrogen-bond acceptors (Lipinski definition) is 4. The van der Waals surface area contributed by atoms with Crippen LogP contribution in [0.2, 0.25) is 10.3 Å². The van der Waals surface area contributed by atoms with Gasteiger partial charge in [-0.05, 0) is 30.3 Å². The molecular formula is C13H10Cl2N2O3S. The average Bonchev–Trinajstić information content (AvgIpc) is 2.37. The number of rotatable bonds is 3. The van der Waals surface area contributed by atoms with E-state index in [1.54, 1.807) is 12.1 Å². The second kappa shape index (κ2) is 6.01. The summed E-state index contributed by atoms with van der Waals surface area (Å²) in [4.78, 5) is 15.9. The minimum absolute atomic E-state index is 0.0949. The average molecular weight is 345 g/mol. The fourth-order valence-corrected chi connectivity index (χ4v) is 2.73. The van der Waals surface area contributed by atoms with Gasteiger partial charge >= 0.3 is 0 Å². The van der Waals surface area contributed by atoms with E-state index in [9.17, 15) is 13.2 Å². The molecule has 110 valence electrons. The fourth-order valence-electron chi connectivity index (χ4n) is 1.60. The Hall–Kier alpha value is -1.63. The molecule has 0 aliphatic heterocycles. The standard InChI is InChI=1S/C13H10Cl2N2O3S/c1-21(19,20)10-4-2-3-9(7-10)16-13(18)8-5-11(14)17-12(15)6-8/h2-7H,1H3,(H,16,18). The number of aromatic nitrogens is 1. The van der Waals surface area contributed by atoms with Gasteiger partial charge in [-0.2, -0.15) is 0 Å². The second-order valence-corrected chi connectivity index (χ2v) is 7.05. The van der Waals surface area contributed by atoms with Crippen LogP contribution in [-0.2, 0) is 9.84 Å². The van der Waals surface area contributed by atoms with Gasteiger partial charge in [-0.15, -0.1) is 0 Å². The maximum atomic E-state index is 12.1. The molecule has 0 fully saturated rings. The first-order valence-electron chi connectivity index (χ1n) is 5.70. The molecule has 1 heterocycles. The summed E-state index contributed by atoms with van der Waals surface area (Å²) in [5.74, 6) is -0.466. The Morgan fingerprint density at radius 3 is 2.33 bits per heavy atom. The summed E-state index contributed by atoms with van der Waals surface area (Å²) in [5, 5.41) is 2.77. The fraction of sp³-hybridized carbons (Fsp3) is 0.0769. The molecule has 1 aromatic heterocycles. The Kier molecular flexibility index (Phi) is 4.51. The third kappa shape index (κ3) is 4.17. The van der Waals surface area contributed by atoms with E-state index in [0.717, 1.165) is 6.26 Å².